The molecular weight excluding hydrogens is 523 g/mol. The van der Waals surface area contributed by atoms with E-state index in [1.807, 2.05) is 14.1 Å². The molecule has 2 heterocycles. The van der Waals surface area contributed by atoms with Gasteiger partial charge >= 0.3 is 12.1 Å². The van der Waals surface area contributed by atoms with E-state index in [0.29, 0.717) is 34.1 Å². The molecule has 12 heteroatoms. The number of alkyl halides is 3. The highest BCUT2D eigenvalue weighted by molar-refractivity contribution is 7.16. The smallest absolute Gasteiger partial charge is 0.416 e. The average Bonchev–Trinajstić information content (AvgIpc) is 3.48. The van der Waals surface area contributed by atoms with Crippen molar-refractivity contribution < 1.29 is 37.3 Å². The Labute approximate surface area is 220 Å². The van der Waals surface area contributed by atoms with Gasteiger partial charge in [0.15, 0.2) is 16.4 Å². The highest BCUT2D eigenvalue weighted by atomic mass is 32.1. The number of aromatic nitrogens is 2. The number of rotatable bonds is 11. The van der Waals surface area contributed by atoms with Gasteiger partial charge in [0.1, 0.15) is 23.7 Å². The molecule has 38 heavy (non-hydrogen) atoms. The molecule has 0 aliphatic rings. The van der Waals surface area contributed by atoms with Gasteiger partial charge in [-0.1, -0.05) is 18.2 Å². The number of halogens is 3. The largest absolute Gasteiger partial charge is 0.493 e. The molecule has 202 valence electrons. The summed E-state index contributed by atoms with van der Waals surface area (Å²) in [5.41, 5.74) is 0.301. The molecule has 1 N–H and O–H groups in total. The molecule has 0 fully saturated rings. The summed E-state index contributed by atoms with van der Waals surface area (Å²) in [7, 11) is 5.49. The Bertz CT molecular complexity index is 1430. The van der Waals surface area contributed by atoms with Crippen molar-refractivity contribution in [3.63, 3.8) is 0 Å². The number of benzene rings is 2. The minimum Gasteiger partial charge on any atom is -0.493 e. The lowest BCUT2D eigenvalue weighted by Crippen LogP contribution is -2.15. The number of carboxylic acids is 1. The van der Waals surface area contributed by atoms with Gasteiger partial charge in [-0.3, -0.25) is 4.57 Å². The van der Waals surface area contributed by atoms with Crippen LogP contribution < -0.4 is 14.2 Å². The summed E-state index contributed by atoms with van der Waals surface area (Å²) in [6.45, 7) is 0.874. The molecule has 2 aromatic heterocycles. The van der Waals surface area contributed by atoms with Gasteiger partial charge in [0.05, 0.1) is 30.3 Å². The van der Waals surface area contributed by atoms with E-state index in [9.17, 15) is 23.1 Å². The lowest BCUT2D eigenvalue weighted by atomic mass is 10.1. The number of methoxy groups -OCH3 is 1. The number of imidazole rings is 1. The normalized spacial score (nSPS) is 11.8. The lowest BCUT2D eigenvalue weighted by Gasteiger charge is -2.13. The van der Waals surface area contributed by atoms with E-state index in [1.165, 1.54) is 37.7 Å². The third-order valence-electron chi connectivity index (χ3n) is 5.66. The van der Waals surface area contributed by atoms with Crippen molar-refractivity contribution in [3.05, 3.63) is 64.8 Å². The van der Waals surface area contributed by atoms with Gasteiger partial charge in [0.2, 0.25) is 0 Å². The second-order valence-electron chi connectivity index (χ2n) is 8.64. The summed E-state index contributed by atoms with van der Waals surface area (Å²) in [4.78, 5) is 18.2. The van der Waals surface area contributed by atoms with E-state index in [4.69, 9.17) is 14.2 Å². The Morgan fingerprint density at radius 3 is 2.55 bits per heavy atom. The van der Waals surface area contributed by atoms with Crippen LogP contribution in [0.2, 0.25) is 0 Å². The molecule has 2 aromatic carbocycles. The summed E-state index contributed by atoms with van der Waals surface area (Å²) in [6, 6.07) is 9.98. The first kappa shape index (κ1) is 27.3. The monoisotopic (exact) mass is 549 g/mol. The number of fused-ring (bicyclic) bond motifs is 1. The van der Waals surface area contributed by atoms with Crippen LogP contribution in [-0.2, 0) is 12.8 Å². The van der Waals surface area contributed by atoms with Crippen molar-refractivity contribution in [3.8, 4) is 22.2 Å². The zero-order valence-corrected chi connectivity index (χ0v) is 21.7. The molecule has 4 aromatic rings. The maximum Gasteiger partial charge on any atom is 0.416 e. The third-order valence-corrected chi connectivity index (χ3v) is 6.77. The number of hydrogen-bond acceptors (Lipinski definition) is 7. The summed E-state index contributed by atoms with van der Waals surface area (Å²) >= 11 is 0.924. The molecule has 0 saturated carbocycles. The highest BCUT2D eigenvalue weighted by Crippen LogP contribution is 2.38. The number of ether oxygens (including phenoxy) is 3. The third kappa shape index (κ3) is 6.03. The van der Waals surface area contributed by atoms with Crippen LogP contribution in [0, 0.1) is 0 Å². The summed E-state index contributed by atoms with van der Waals surface area (Å²) in [5, 5.41) is 10.2. The van der Waals surface area contributed by atoms with Crippen molar-refractivity contribution in [2.24, 2.45) is 0 Å². The standard InChI is InChI=1S/C26H26F3N3O5S/c1-31(2)9-6-10-36-21-12-19-18(11-20(21)35-3)30-15-32(19)23-13-22(24(38-23)25(33)34)37-14-16-7-4-5-8-17(16)26(27,28)29/h4-5,7-8,11-13,15H,6,9-10,14H2,1-3H3,(H,33,34). The average molecular weight is 550 g/mol. The molecule has 0 amide bonds. The number of hydrogen-bond donors (Lipinski definition) is 1. The summed E-state index contributed by atoms with van der Waals surface area (Å²) in [5.74, 6) is -0.269. The van der Waals surface area contributed by atoms with Crippen LogP contribution in [0.15, 0.2) is 48.8 Å². The molecule has 8 nitrogen and oxygen atoms in total. The Morgan fingerprint density at radius 2 is 1.87 bits per heavy atom. The van der Waals surface area contributed by atoms with Crippen LogP contribution in [0.4, 0.5) is 13.2 Å². The van der Waals surface area contributed by atoms with Crippen LogP contribution in [0.1, 0.15) is 27.2 Å². The molecule has 0 radical (unpaired) electrons. The lowest BCUT2D eigenvalue weighted by molar-refractivity contribution is -0.138. The molecule has 0 aliphatic carbocycles. The molecular formula is C26H26F3N3O5S. The van der Waals surface area contributed by atoms with E-state index in [-0.39, 0.29) is 16.2 Å². The van der Waals surface area contributed by atoms with Crippen molar-refractivity contribution in [1.29, 1.82) is 0 Å². The number of aromatic carboxylic acids is 1. The van der Waals surface area contributed by atoms with Crippen molar-refractivity contribution >= 4 is 28.3 Å². The zero-order valence-electron chi connectivity index (χ0n) is 20.9. The first-order valence-electron chi connectivity index (χ1n) is 11.6. The predicted octanol–water partition coefficient (Wildman–Crippen LogP) is 5.72. The van der Waals surface area contributed by atoms with Crippen molar-refractivity contribution in [1.82, 2.24) is 14.5 Å². The predicted molar refractivity (Wildman–Crippen MR) is 137 cm³/mol. The first-order valence-corrected chi connectivity index (χ1v) is 12.4. The van der Waals surface area contributed by atoms with Crippen molar-refractivity contribution in [2.75, 3.05) is 34.4 Å². The Morgan fingerprint density at radius 1 is 1.11 bits per heavy atom. The zero-order chi connectivity index (χ0) is 27.4. The Balaban J connectivity index is 1.64. The number of carboxylic acid groups (broad SMARTS) is 1. The van der Waals surface area contributed by atoms with Gasteiger partial charge in [-0.2, -0.15) is 13.2 Å². The molecule has 0 unspecified atom stereocenters. The van der Waals surface area contributed by atoms with Gasteiger partial charge in [-0.25, -0.2) is 9.78 Å². The van der Waals surface area contributed by atoms with Crippen LogP contribution in [0.5, 0.6) is 17.2 Å². The second-order valence-corrected chi connectivity index (χ2v) is 9.67. The molecule has 0 atom stereocenters. The van der Waals surface area contributed by atoms with E-state index >= 15 is 0 Å². The minimum absolute atomic E-state index is 0.0370. The Hall–Kier alpha value is -3.77. The molecule has 0 aliphatic heterocycles. The van der Waals surface area contributed by atoms with Crippen LogP contribution >= 0.6 is 11.3 Å². The quantitative estimate of drug-likeness (QED) is 0.240. The first-order chi connectivity index (χ1) is 18.1. The number of thiophene rings is 1. The van der Waals surface area contributed by atoms with Gasteiger partial charge < -0.3 is 24.2 Å². The number of carbonyl (C=O) groups is 1. The second kappa shape index (κ2) is 11.3. The van der Waals surface area contributed by atoms with E-state index in [2.05, 4.69) is 9.88 Å². The van der Waals surface area contributed by atoms with Crippen molar-refractivity contribution in [2.45, 2.75) is 19.2 Å². The molecule has 0 bridgehead atoms. The summed E-state index contributed by atoms with van der Waals surface area (Å²) < 4.78 is 58.8. The van der Waals surface area contributed by atoms with Crippen LogP contribution in [-0.4, -0.2) is 59.9 Å². The van der Waals surface area contributed by atoms with E-state index in [0.717, 1.165) is 30.4 Å². The van der Waals surface area contributed by atoms with Gasteiger partial charge in [0, 0.05) is 30.3 Å². The Kier molecular flexibility index (Phi) is 8.12. The van der Waals surface area contributed by atoms with Gasteiger partial charge in [-0.15, -0.1) is 11.3 Å². The van der Waals surface area contributed by atoms with Crippen LogP contribution in [0.3, 0.4) is 0 Å². The molecule has 0 saturated heterocycles. The van der Waals surface area contributed by atoms with Crippen LogP contribution in [0.25, 0.3) is 16.0 Å². The fraction of sp³-hybridized carbons (Fsp3) is 0.308. The minimum atomic E-state index is -4.56. The number of nitrogens with zero attached hydrogens (tertiary/aromatic N) is 3. The highest BCUT2D eigenvalue weighted by Gasteiger charge is 2.33. The molecule has 0 spiro atoms. The van der Waals surface area contributed by atoms with E-state index < -0.39 is 24.3 Å². The van der Waals surface area contributed by atoms with Gasteiger partial charge in [-0.05, 0) is 26.6 Å². The summed E-state index contributed by atoms with van der Waals surface area (Å²) in [6.07, 6.45) is -2.23. The maximum absolute atomic E-state index is 13.4. The maximum atomic E-state index is 13.4. The van der Waals surface area contributed by atoms with E-state index in [1.54, 1.807) is 16.7 Å². The SMILES string of the molecule is COc1cc2ncn(-c3cc(OCc4ccccc4C(F)(F)F)c(C(=O)O)s3)c2cc1OCCCN(C)C. The fourth-order valence-electron chi connectivity index (χ4n) is 3.84. The fourth-order valence-corrected chi connectivity index (χ4v) is 4.77. The van der Waals surface area contributed by atoms with Gasteiger partial charge in [0.25, 0.3) is 0 Å². The molecule has 4 rings (SSSR count). The topological polar surface area (TPSA) is 86.0 Å².